The summed E-state index contributed by atoms with van der Waals surface area (Å²) in [7, 11) is 0. The molecule has 3 heteroatoms. The van der Waals surface area contributed by atoms with Crippen LogP contribution in [0.5, 0.6) is 0 Å². The molecule has 0 saturated heterocycles. The van der Waals surface area contributed by atoms with Gasteiger partial charge in [0.15, 0.2) is 0 Å². The number of hydrogen-bond donors (Lipinski definition) is 1. The molecule has 12 heavy (non-hydrogen) atoms. The summed E-state index contributed by atoms with van der Waals surface area (Å²) < 4.78 is 2.00. The summed E-state index contributed by atoms with van der Waals surface area (Å²) in [5, 5.41) is 7.54. The van der Waals surface area contributed by atoms with Crippen LogP contribution in [-0.4, -0.2) is 22.9 Å². The molecule has 0 bridgehead atoms. The number of aryl methyl sites for hydroxylation is 1. The van der Waals surface area contributed by atoms with E-state index >= 15 is 0 Å². The van der Waals surface area contributed by atoms with Gasteiger partial charge in [0.25, 0.3) is 0 Å². The van der Waals surface area contributed by atoms with E-state index < -0.39 is 0 Å². The molecule has 1 unspecified atom stereocenters. The molecule has 1 N–H and O–H groups in total. The predicted molar refractivity (Wildman–Crippen MR) is 50.2 cm³/mol. The van der Waals surface area contributed by atoms with Gasteiger partial charge in [0.05, 0.1) is 12.2 Å². The molecule has 1 aromatic rings. The van der Waals surface area contributed by atoms with E-state index in [9.17, 15) is 0 Å². The van der Waals surface area contributed by atoms with Crippen molar-refractivity contribution in [3.05, 3.63) is 18.0 Å². The van der Waals surface area contributed by atoms with Crippen LogP contribution in [0.1, 0.15) is 25.5 Å². The van der Waals surface area contributed by atoms with Crippen molar-refractivity contribution in [3.8, 4) is 0 Å². The zero-order valence-corrected chi connectivity index (χ0v) is 8.04. The van der Waals surface area contributed by atoms with Gasteiger partial charge in [-0.25, -0.2) is 0 Å². The summed E-state index contributed by atoms with van der Waals surface area (Å²) in [5.41, 5.74) is 1.22. The van der Waals surface area contributed by atoms with Crippen LogP contribution in [0.3, 0.4) is 0 Å². The van der Waals surface area contributed by atoms with Gasteiger partial charge in [-0.3, -0.25) is 4.68 Å². The number of hydrogen-bond acceptors (Lipinski definition) is 2. The Morgan fingerprint density at radius 1 is 1.67 bits per heavy atom. The number of likely N-dealkylation sites (N-methyl/N-ethyl adjacent to an activating group) is 1. The second-order valence-corrected chi connectivity index (χ2v) is 3.15. The van der Waals surface area contributed by atoms with E-state index in [-0.39, 0.29) is 0 Å². The molecular formula is C9H17N3. The summed E-state index contributed by atoms with van der Waals surface area (Å²) in [6.07, 6.45) is 3.96. The fourth-order valence-electron chi connectivity index (χ4n) is 1.12. The van der Waals surface area contributed by atoms with Gasteiger partial charge in [-0.2, -0.15) is 5.10 Å². The maximum absolute atomic E-state index is 4.25. The van der Waals surface area contributed by atoms with E-state index in [2.05, 4.69) is 37.4 Å². The highest BCUT2D eigenvalue weighted by molar-refractivity contribution is 5.00. The van der Waals surface area contributed by atoms with Gasteiger partial charge in [-0.1, -0.05) is 6.92 Å². The molecule has 0 amide bonds. The molecule has 68 valence electrons. The van der Waals surface area contributed by atoms with Gasteiger partial charge in [-0.05, 0) is 26.0 Å². The maximum atomic E-state index is 4.25. The minimum Gasteiger partial charge on any atom is -0.315 e. The minimum atomic E-state index is 0.443. The molecule has 0 radical (unpaired) electrons. The minimum absolute atomic E-state index is 0.443. The average Bonchev–Trinajstić information content (AvgIpc) is 2.47. The topological polar surface area (TPSA) is 29.9 Å². The molecule has 0 aliphatic rings. The number of nitrogens with one attached hydrogen (secondary N) is 1. The smallest absolute Gasteiger partial charge is 0.0615 e. The third-order valence-corrected chi connectivity index (χ3v) is 1.87. The lowest BCUT2D eigenvalue weighted by atomic mass is 10.3. The molecule has 0 spiro atoms. The van der Waals surface area contributed by atoms with Crippen LogP contribution in [0.2, 0.25) is 0 Å². The molecule has 1 aromatic heterocycles. The van der Waals surface area contributed by atoms with Crippen molar-refractivity contribution in [2.75, 3.05) is 13.1 Å². The van der Waals surface area contributed by atoms with E-state index in [1.54, 1.807) is 0 Å². The van der Waals surface area contributed by atoms with E-state index in [1.165, 1.54) is 5.56 Å². The normalized spacial score (nSPS) is 13.2. The van der Waals surface area contributed by atoms with Crippen LogP contribution in [0.25, 0.3) is 0 Å². The van der Waals surface area contributed by atoms with Gasteiger partial charge in [-0.15, -0.1) is 0 Å². The van der Waals surface area contributed by atoms with Crippen molar-refractivity contribution >= 4 is 0 Å². The summed E-state index contributed by atoms with van der Waals surface area (Å²) in [6.45, 7) is 8.34. The summed E-state index contributed by atoms with van der Waals surface area (Å²) in [4.78, 5) is 0. The van der Waals surface area contributed by atoms with Crippen LogP contribution in [-0.2, 0) is 0 Å². The molecule has 1 rings (SSSR count). The third kappa shape index (κ3) is 2.34. The standard InChI is InChI=1S/C9H17N3/c1-4-10-6-9(3)12-7-8(2)5-11-12/h5,7,9-10H,4,6H2,1-3H3. The van der Waals surface area contributed by atoms with E-state index in [0.717, 1.165) is 13.1 Å². The Balaban J connectivity index is 2.47. The van der Waals surface area contributed by atoms with Crippen molar-refractivity contribution in [1.29, 1.82) is 0 Å². The lowest BCUT2D eigenvalue weighted by Gasteiger charge is -2.11. The highest BCUT2D eigenvalue weighted by atomic mass is 15.3. The monoisotopic (exact) mass is 167 g/mol. The first-order valence-electron chi connectivity index (χ1n) is 4.45. The second-order valence-electron chi connectivity index (χ2n) is 3.15. The molecular weight excluding hydrogens is 150 g/mol. The van der Waals surface area contributed by atoms with E-state index in [4.69, 9.17) is 0 Å². The summed E-state index contributed by atoms with van der Waals surface area (Å²) >= 11 is 0. The Bertz CT molecular complexity index is 229. The molecule has 0 aliphatic heterocycles. The largest absolute Gasteiger partial charge is 0.315 e. The van der Waals surface area contributed by atoms with Gasteiger partial charge >= 0.3 is 0 Å². The molecule has 0 aliphatic carbocycles. The first-order chi connectivity index (χ1) is 5.74. The highest BCUT2D eigenvalue weighted by Gasteiger charge is 2.03. The Morgan fingerprint density at radius 3 is 2.92 bits per heavy atom. The number of nitrogens with zero attached hydrogens (tertiary/aromatic N) is 2. The van der Waals surface area contributed by atoms with Crippen LogP contribution in [0, 0.1) is 6.92 Å². The third-order valence-electron chi connectivity index (χ3n) is 1.87. The molecule has 0 saturated carbocycles. The first-order valence-corrected chi connectivity index (χ1v) is 4.45. The van der Waals surface area contributed by atoms with Gasteiger partial charge < -0.3 is 5.32 Å². The van der Waals surface area contributed by atoms with Crippen molar-refractivity contribution in [2.24, 2.45) is 0 Å². The van der Waals surface area contributed by atoms with Crippen molar-refractivity contribution < 1.29 is 0 Å². The van der Waals surface area contributed by atoms with Crippen LogP contribution >= 0.6 is 0 Å². The van der Waals surface area contributed by atoms with Crippen LogP contribution in [0.4, 0.5) is 0 Å². The summed E-state index contributed by atoms with van der Waals surface area (Å²) in [5.74, 6) is 0. The highest BCUT2D eigenvalue weighted by Crippen LogP contribution is 2.03. The molecule has 0 aromatic carbocycles. The van der Waals surface area contributed by atoms with Crippen molar-refractivity contribution in [2.45, 2.75) is 26.8 Å². The Morgan fingerprint density at radius 2 is 2.42 bits per heavy atom. The lowest BCUT2D eigenvalue weighted by molar-refractivity contribution is 0.459. The van der Waals surface area contributed by atoms with Gasteiger partial charge in [0.1, 0.15) is 0 Å². The average molecular weight is 167 g/mol. The van der Waals surface area contributed by atoms with E-state index in [1.807, 2.05) is 10.9 Å². The zero-order valence-electron chi connectivity index (χ0n) is 8.04. The second kappa shape index (κ2) is 4.26. The van der Waals surface area contributed by atoms with Gasteiger partial charge in [0, 0.05) is 12.7 Å². The van der Waals surface area contributed by atoms with Crippen molar-refractivity contribution in [3.63, 3.8) is 0 Å². The first kappa shape index (κ1) is 9.26. The lowest BCUT2D eigenvalue weighted by Crippen LogP contribution is -2.23. The zero-order chi connectivity index (χ0) is 8.97. The van der Waals surface area contributed by atoms with Crippen LogP contribution in [0.15, 0.2) is 12.4 Å². The number of rotatable bonds is 4. The molecule has 1 heterocycles. The van der Waals surface area contributed by atoms with Crippen LogP contribution < -0.4 is 5.32 Å². The summed E-state index contributed by atoms with van der Waals surface area (Å²) in [6, 6.07) is 0.443. The SMILES string of the molecule is CCNCC(C)n1cc(C)cn1. The Kier molecular flexibility index (Phi) is 3.29. The Hall–Kier alpha value is -0.830. The quantitative estimate of drug-likeness (QED) is 0.734. The fourth-order valence-corrected chi connectivity index (χ4v) is 1.12. The van der Waals surface area contributed by atoms with Gasteiger partial charge in [0.2, 0.25) is 0 Å². The molecule has 3 nitrogen and oxygen atoms in total. The Labute approximate surface area is 73.8 Å². The van der Waals surface area contributed by atoms with E-state index in [0.29, 0.717) is 6.04 Å². The van der Waals surface area contributed by atoms with Crippen molar-refractivity contribution in [1.82, 2.24) is 15.1 Å². The predicted octanol–water partition coefficient (Wildman–Crippen LogP) is 1.36. The molecule has 0 fully saturated rings. The molecule has 1 atom stereocenters. The number of aromatic nitrogens is 2. The fraction of sp³-hybridized carbons (Fsp3) is 0.667. The maximum Gasteiger partial charge on any atom is 0.0615 e.